The average Bonchev–Trinajstić information content (AvgIpc) is 2.28. The van der Waals surface area contributed by atoms with Gasteiger partial charge in [0.2, 0.25) is 0 Å². The zero-order valence-electron chi connectivity index (χ0n) is 11.6. The Hall–Kier alpha value is -0.120. The van der Waals surface area contributed by atoms with Gasteiger partial charge < -0.3 is 15.1 Å². The lowest BCUT2D eigenvalue weighted by Gasteiger charge is -2.38. The number of piperidine rings is 1. The standard InChI is InChI=1S/C14H29N3/c1-13-10-15-7-5-9-17(11-13)12-14-6-3-4-8-16(14)2/h13-15H,3-12H2,1-2H3. The van der Waals surface area contributed by atoms with Gasteiger partial charge in [-0.05, 0) is 58.4 Å². The van der Waals surface area contributed by atoms with Crippen LogP contribution in [0.4, 0.5) is 0 Å². The summed E-state index contributed by atoms with van der Waals surface area (Å²) in [5, 5.41) is 3.53. The Kier molecular flexibility index (Phi) is 5.26. The number of hydrogen-bond acceptors (Lipinski definition) is 3. The molecular weight excluding hydrogens is 210 g/mol. The third kappa shape index (κ3) is 4.23. The van der Waals surface area contributed by atoms with Crippen molar-refractivity contribution < 1.29 is 0 Å². The summed E-state index contributed by atoms with van der Waals surface area (Å²) in [6.45, 7) is 9.91. The summed E-state index contributed by atoms with van der Waals surface area (Å²) in [7, 11) is 2.30. The Labute approximate surface area is 107 Å². The lowest BCUT2D eigenvalue weighted by molar-refractivity contribution is 0.115. The topological polar surface area (TPSA) is 18.5 Å². The highest BCUT2D eigenvalue weighted by Gasteiger charge is 2.22. The van der Waals surface area contributed by atoms with E-state index in [1.165, 1.54) is 65.0 Å². The van der Waals surface area contributed by atoms with Gasteiger partial charge in [0.1, 0.15) is 0 Å². The van der Waals surface area contributed by atoms with Crippen molar-refractivity contribution in [1.29, 1.82) is 0 Å². The van der Waals surface area contributed by atoms with Crippen LogP contribution in [0.3, 0.4) is 0 Å². The molecule has 1 N–H and O–H groups in total. The van der Waals surface area contributed by atoms with Crippen LogP contribution in [0, 0.1) is 5.92 Å². The molecule has 2 rings (SSSR count). The van der Waals surface area contributed by atoms with Gasteiger partial charge in [-0.2, -0.15) is 0 Å². The molecule has 2 atom stereocenters. The summed E-state index contributed by atoms with van der Waals surface area (Å²) in [6.07, 6.45) is 5.54. The fourth-order valence-electron chi connectivity index (χ4n) is 3.21. The molecule has 0 spiro atoms. The maximum absolute atomic E-state index is 3.53. The molecule has 0 aromatic carbocycles. The molecule has 0 bridgehead atoms. The molecule has 3 heteroatoms. The van der Waals surface area contributed by atoms with Crippen molar-refractivity contribution in [2.75, 3.05) is 46.3 Å². The Bertz CT molecular complexity index is 220. The molecule has 2 aliphatic heterocycles. The molecule has 0 aromatic heterocycles. The Balaban J connectivity index is 1.82. The van der Waals surface area contributed by atoms with Crippen LogP contribution in [0.2, 0.25) is 0 Å². The van der Waals surface area contributed by atoms with Crippen molar-refractivity contribution in [1.82, 2.24) is 15.1 Å². The number of likely N-dealkylation sites (tertiary alicyclic amines) is 1. The second kappa shape index (κ2) is 6.72. The number of nitrogens with one attached hydrogen (secondary N) is 1. The van der Waals surface area contributed by atoms with E-state index in [9.17, 15) is 0 Å². The predicted octanol–water partition coefficient (Wildman–Crippen LogP) is 1.40. The van der Waals surface area contributed by atoms with E-state index in [4.69, 9.17) is 0 Å². The van der Waals surface area contributed by atoms with Crippen molar-refractivity contribution in [2.45, 2.75) is 38.6 Å². The normalized spacial score (nSPS) is 34.2. The molecule has 100 valence electrons. The minimum atomic E-state index is 0.796. The van der Waals surface area contributed by atoms with Gasteiger partial charge in [-0.3, -0.25) is 0 Å². The van der Waals surface area contributed by atoms with Gasteiger partial charge in [-0.1, -0.05) is 13.3 Å². The molecule has 0 saturated carbocycles. The summed E-state index contributed by atoms with van der Waals surface area (Å²) in [4.78, 5) is 5.28. The minimum absolute atomic E-state index is 0.796. The lowest BCUT2D eigenvalue weighted by Crippen LogP contribution is -2.47. The quantitative estimate of drug-likeness (QED) is 0.786. The van der Waals surface area contributed by atoms with Gasteiger partial charge in [0, 0.05) is 19.1 Å². The predicted molar refractivity (Wildman–Crippen MR) is 73.4 cm³/mol. The molecule has 0 amide bonds. The molecule has 2 fully saturated rings. The van der Waals surface area contributed by atoms with E-state index in [1.807, 2.05) is 0 Å². The van der Waals surface area contributed by atoms with Gasteiger partial charge >= 0.3 is 0 Å². The number of hydrogen-bond donors (Lipinski definition) is 1. The molecule has 0 aliphatic carbocycles. The van der Waals surface area contributed by atoms with Crippen molar-refractivity contribution in [3.63, 3.8) is 0 Å². The minimum Gasteiger partial charge on any atom is -0.316 e. The molecule has 2 aliphatic rings. The highest BCUT2D eigenvalue weighted by Crippen LogP contribution is 2.17. The Morgan fingerprint density at radius 2 is 2.06 bits per heavy atom. The van der Waals surface area contributed by atoms with Crippen LogP contribution >= 0.6 is 0 Å². The summed E-state index contributed by atoms with van der Waals surface area (Å²) in [5.41, 5.74) is 0. The smallest absolute Gasteiger partial charge is 0.0220 e. The Morgan fingerprint density at radius 3 is 2.88 bits per heavy atom. The molecular formula is C14H29N3. The third-order valence-corrected chi connectivity index (χ3v) is 4.28. The Morgan fingerprint density at radius 1 is 1.18 bits per heavy atom. The van der Waals surface area contributed by atoms with E-state index < -0.39 is 0 Å². The second-order valence-electron chi connectivity index (χ2n) is 6.05. The number of nitrogens with zero attached hydrogens (tertiary/aromatic N) is 2. The first-order valence-electron chi connectivity index (χ1n) is 7.39. The van der Waals surface area contributed by atoms with Crippen LogP contribution in [0.15, 0.2) is 0 Å². The fraction of sp³-hybridized carbons (Fsp3) is 1.00. The largest absolute Gasteiger partial charge is 0.316 e. The van der Waals surface area contributed by atoms with Gasteiger partial charge in [-0.15, -0.1) is 0 Å². The van der Waals surface area contributed by atoms with Crippen LogP contribution in [-0.4, -0.2) is 62.2 Å². The first-order chi connectivity index (χ1) is 8.25. The van der Waals surface area contributed by atoms with Gasteiger partial charge in [0.25, 0.3) is 0 Å². The van der Waals surface area contributed by atoms with E-state index in [-0.39, 0.29) is 0 Å². The molecule has 3 nitrogen and oxygen atoms in total. The third-order valence-electron chi connectivity index (χ3n) is 4.28. The highest BCUT2D eigenvalue weighted by molar-refractivity contribution is 4.79. The van der Waals surface area contributed by atoms with E-state index >= 15 is 0 Å². The molecule has 2 unspecified atom stereocenters. The van der Waals surface area contributed by atoms with Crippen molar-refractivity contribution in [3.8, 4) is 0 Å². The number of likely N-dealkylation sites (N-methyl/N-ethyl adjacent to an activating group) is 1. The molecule has 0 aromatic rings. The fourth-order valence-corrected chi connectivity index (χ4v) is 3.21. The highest BCUT2D eigenvalue weighted by atomic mass is 15.2. The zero-order valence-corrected chi connectivity index (χ0v) is 11.6. The molecule has 2 heterocycles. The maximum Gasteiger partial charge on any atom is 0.0220 e. The van der Waals surface area contributed by atoms with E-state index in [2.05, 4.69) is 29.1 Å². The summed E-state index contributed by atoms with van der Waals surface area (Å²) < 4.78 is 0. The molecule has 17 heavy (non-hydrogen) atoms. The molecule has 0 radical (unpaired) electrons. The SMILES string of the molecule is CC1CNCCCN(CC2CCCCN2C)C1. The second-order valence-corrected chi connectivity index (χ2v) is 6.05. The summed E-state index contributed by atoms with van der Waals surface area (Å²) >= 11 is 0. The van der Waals surface area contributed by atoms with Crippen LogP contribution in [0.25, 0.3) is 0 Å². The summed E-state index contributed by atoms with van der Waals surface area (Å²) in [6, 6.07) is 0.809. The first kappa shape index (κ1) is 13.3. The van der Waals surface area contributed by atoms with Crippen molar-refractivity contribution in [3.05, 3.63) is 0 Å². The van der Waals surface area contributed by atoms with Gasteiger partial charge in [-0.25, -0.2) is 0 Å². The van der Waals surface area contributed by atoms with E-state index in [1.54, 1.807) is 0 Å². The van der Waals surface area contributed by atoms with Crippen LogP contribution in [-0.2, 0) is 0 Å². The molecule has 2 saturated heterocycles. The van der Waals surface area contributed by atoms with Crippen molar-refractivity contribution >= 4 is 0 Å². The van der Waals surface area contributed by atoms with Crippen molar-refractivity contribution in [2.24, 2.45) is 5.92 Å². The zero-order chi connectivity index (χ0) is 12.1. The van der Waals surface area contributed by atoms with Crippen LogP contribution in [0.1, 0.15) is 32.6 Å². The lowest BCUT2D eigenvalue weighted by atomic mass is 10.0. The van der Waals surface area contributed by atoms with E-state index in [0.717, 1.165) is 12.0 Å². The van der Waals surface area contributed by atoms with E-state index in [0.29, 0.717) is 0 Å². The van der Waals surface area contributed by atoms with Crippen LogP contribution in [0.5, 0.6) is 0 Å². The monoisotopic (exact) mass is 239 g/mol. The first-order valence-corrected chi connectivity index (χ1v) is 7.39. The summed E-state index contributed by atoms with van der Waals surface area (Å²) in [5.74, 6) is 0.796. The van der Waals surface area contributed by atoms with Crippen LogP contribution < -0.4 is 5.32 Å². The number of rotatable bonds is 2. The van der Waals surface area contributed by atoms with Gasteiger partial charge in [0.15, 0.2) is 0 Å². The average molecular weight is 239 g/mol. The maximum atomic E-state index is 3.53. The van der Waals surface area contributed by atoms with Gasteiger partial charge in [0.05, 0.1) is 0 Å².